The second-order valence-electron chi connectivity index (χ2n) is 13.4. The third kappa shape index (κ3) is 5.93. The topological polar surface area (TPSA) is 38.7 Å². The minimum absolute atomic E-state index is 0.716. The first-order valence-corrected chi connectivity index (χ1v) is 17.7. The van der Waals surface area contributed by atoms with Gasteiger partial charge in [-0.1, -0.05) is 163 Å². The first-order valence-electron chi connectivity index (χ1n) is 17.7. The Morgan fingerprint density at radius 3 is 1.62 bits per heavy atom. The SMILES string of the molecule is Cc1ccc(-c2cc(-c3cccc(-c4cccc(-c5cccc6c(-c7ccccc7)nc7ccccc7c56)c4)c3)nc(-c3ccc(C)cc3)n2)cc1. The lowest BCUT2D eigenvalue weighted by molar-refractivity contribution is 1.18. The summed E-state index contributed by atoms with van der Waals surface area (Å²) < 4.78 is 0. The number of nitrogens with zero attached hydrogens (tertiary/aromatic N) is 3. The summed E-state index contributed by atoms with van der Waals surface area (Å²) in [6.45, 7) is 4.20. The molecule has 0 radical (unpaired) electrons. The fourth-order valence-corrected chi connectivity index (χ4v) is 7.08. The zero-order chi connectivity index (χ0) is 35.0. The summed E-state index contributed by atoms with van der Waals surface area (Å²) in [5.74, 6) is 0.716. The summed E-state index contributed by atoms with van der Waals surface area (Å²) in [6, 6.07) is 62.2. The van der Waals surface area contributed by atoms with Crippen LogP contribution in [-0.4, -0.2) is 15.0 Å². The van der Waals surface area contributed by atoms with E-state index in [9.17, 15) is 0 Å². The molecule has 9 aromatic rings. The summed E-state index contributed by atoms with van der Waals surface area (Å²) in [5, 5.41) is 3.51. The van der Waals surface area contributed by atoms with Crippen LogP contribution in [0.4, 0.5) is 0 Å². The summed E-state index contributed by atoms with van der Waals surface area (Å²) in [4.78, 5) is 15.3. The first-order chi connectivity index (χ1) is 25.6. The largest absolute Gasteiger partial charge is 0.247 e. The lowest BCUT2D eigenvalue weighted by Crippen LogP contribution is -1.96. The van der Waals surface area contributed by atoms with E-state index >= 15 is 0 Å². The normalized spacial score (nSPS) is 11.3. The molecule has 0 saturated carbocycles. The molecule has 2 aromatic heterocycles. The Hall–Kier alpha value is -6.71. The maximum absolute atomic E-state index is 5.16. The second kappa shape index (κ2) is 13.2. The van der Waals surface area contributed by atoms with E-state index in [1.165, 1.54) is 22.1 Å². The number of pyridine rings is 1. The Labute approximate surface area is 304 Å². The van der Waals surface area contributed by atoms with Crippen LogP contribution in [0.25, 0.3) is 89.1 Å². The van der Waals surface area contributed by atoms with Crippen LogP contribution in [0, 0.1) is 13.8 Å². The van der Waals surface area contributed by atoms with Crippen LogP contribution in [0.15, 0.2) is 176 Å². The van der Waals surface area contributed by atoms with E-state index in [1.54, 1.807) is 0 Å². The molecule has 0 N–H and O–H groups in total. The Morgan fingerprint density at radius 2 is 0.885 bits per heavy atom. The molecular formula is C49H35N3. The number of para-hydroxylation sites is 1. The molecule has 9 rings (SSSR count). The van der Waals surface area contributed by atoms with E-state index in [0.717, 1.165) is 72.3 Å². The molecule has 7 aromatic carbocycles. The smallest absolute Gasteiger partial charge is 0.160 e. The average Bonchev–Trinajstić information content (AvgIpc) is 3.21. The van der Waals surface area contributed by atoms with Gasteiger partial charge in [-0.25, -0.2) is 15.0 Å². The minimum Gasteiger partial charge on any atom is -0.247 e. The van der Waals surface area contributed by atoms with Gasteiger partial charge in [0.1, 0.15) is 0 Å². The molecule has 3 nitrogen and oxygen atoms in total. The van der Waals surface area contributed by atoms with Gasteiger partial charge in [0.2, 0.25) is 0 Å². The Balaban J connectivity index is 1.17. The number of aryl methyl sites for hydroxylation is 2. The highest BCUT2D eigenvalue weighted by Gasteiger charge is 2.16. The minimum atomic E-state index is 0.716. The molecule has 246 valence electrons. The van der Waals surface area contributed by atoms with E-state index < -0.39 is 0 Å². The zero-order valence-corrected chi connectivity index (χ0v) is 29.1. The maximum Gasteiger partial charge on any atom is 0.160 e. The van der Waals surface area contributed by atoms with Crippen LogP contribution < -0.4 is 0 Å². The highest BCUT2D eigenvalue weighted by Crippen LogP contribution is 2.40. The molecule has 0 fully saturated rings. The Kier molecular flexibility index (Phi) is 7.94. The van der Waals surface area contributed by atoms with Crippen molar-refractivity contribution in [2.75, 3.05) is 0 Å². The van der Waals surface area contributed by atoms with Crippen LogP contribution in [0.5, 0.6) is 0 Å². The van der Waals surface area contributed by atoms with Crippen molar-refractivity contribution in [3.05, 3.63) is 187 Å². The van der Waals surface area contributed by atoms with Crippen molar-refractivity contribution >= 4 is 21.7 Å². The molecule has 3 heteroatoms. The molecule has 0 aliphatic carbocycles. The quantitative estimate of drug-likeness (QED) is 0.166. The molecule has 52 heavy (non-hydrogen) atoms. The predicted octanol–water partition coefficient (Wildman–Crippen LogP) is 12.8. The fraction of sp³-hybridized carbons (Fsp3) is 0.0408. The molecule has 0 saturated heterocycles. The van der Waals surface area contributed by atoms with E-state index in [0.29, 0.717) is 5.82 Å². The van der Waals surface area contributed by atoms with Crippen molar-refractivity contribution in [2.24, 2.45) is 0 Å². The van der Waals surface area contributed by atoms with Gasteiger partial charge < -0.3 is 0 Å². The van der Waals surface area contributed by atoms with Crippen molar-refractivity contribution in [3.8, 4) is 67.4 Å². The molecule has 0 aliphatic heterocycles. The van der Waals surface area contributed by atoms with Gasteiger partial charge in [0, 0.05) is 38.4 Å². The third-order valence-electron chi connectivity index (χ3n) is 9.82. The van der Waals surface area contributed by atoms with Gasteiger partial charge in [0.15, 0.2) is 5.82 Å². The monoisotopic (exact) mass is 665 g/mol. The highest BCUT2D eigenvalue weighted by atomic mass is 14.9. The number of benzene rings is 7. The van der Waals surface area contributed by atoms with Gasteiger partial charge in [0.25, 0.3) is 0 Å². The summed E-state index contributed by atoms with van der Waals surface area (Å²) in [7, 11) is 0. The van der Waals surface area contributed by atoms with Gasteiger partial charge in [-0.15, -0.1) is 0 Å². The third-order valence-corrected chi connectivity index (χ3v) is 9.82. The number of aromatic nitrogens is 3. The zero-order valence-electron chi connectivity index (χ0n) is 29.1. The van der Waals surface area contributed by atoms with Crippen molar-refractivity contribution in [3.63, 3.8) is 0 Å². The van der Waals surface area contributed by atoms with Crippen LogP contribution in [0.3, 0.4) is 0 Å². The van der Waals surface area contributed by atoms with E-state index in [1.807, 2.05) is 0 Å². The molecular weight excluding hydrogens is 631 g/mol. The molecule has 0 amide bonds. The number of rotatable bonds is 6. The molecule has 0 aliphatic rings. The van der Waals surface area contributed by atoms with Gasteiger partial charge in [0.05, 0.1) is 22.6 Å². The van der Waals surface area contributed by atoms with Crippen LogP contribution in [0.2, 0.25) is 0 Å². The van der Waals surface area contributed by atoms with Gasteiger partial charge in [-0.3, -0.25) is 0 Å². The van der Waals surface area contributed by atoms with Crippen LogP contribution in [0.1, 0.15) is 11.1 Å². The second-order valence-corrected chi connectivity index (χ2v) is 13.4. The van der Waals surface area contributed by atoms with Crippen molar-refractivity contribution < 1.29 is 0 Å². The van der Waals surface area contributed by atoms with Crippen molar-refractivity contribution in [2.45, 2.75) is 13.8 Å². The average molecular weight is 666 g/mol. The standard InChI is InChI=1S/C49H35N3/c1-32-21-25-34(26-22-32)45-31-46(52-49(51-45)36-27-23-33(2)24-28-36)40-16-9-14-38(30-40)37-13-8-15-39(29-37)41-18-10-19-43-47(41)42-17-6-7-20-44(42)50-48(43)35-11-4-3-5-12-35/h3-31H,1-2H3. The van der Waals surface area contributed by atoms with E-state index in [4.69, 9.17) is 15.0 Å². The Morgan fingerprint density at radius 1 is 0.346 bits per heavy atom. The van der Waals surface area contributed by atoms with Crippen LogP contribution in [-0.2, 0) is 0 Å². The maximum atomic E-state index is 5.16. The number of fused-ring (bicyclic) bond motifs is 3. The summed E-state index contributed by atoms with van der Waals surface area (Å²) in [5.41, 5.74) is 15.1. The van der Waals surface area contributed by atoms with Gasteiger partial charge >= 0.3 is 0 Å². The first kappa shape index (κ1) is 31.3. The molecule has 0 unspecified atom stereocenters. The predicted molar refractivity (Wildman–Crippen MR) is 217 cm³/mol. The molecule has 0 bridgehead atoms. The van der Waals surface area contributed by atoms with E-state index in [2.05, 4.69) is 190 Å². The van der Waals surface area contributed by atoms with E-state index in [-0.39, 0.29) is 0 Å². The lowest BCUT2D eigenvalue weighted by Gasteiger charge is -2.15. The summed E-state index contributed by atoms with van der Waals surface area (Å²) >= 11 is 0. The van der Waals surface area contributed by atoms with Gasteiger partial charge in [-0.2, -0.15) is 0 Å². The molecule has 2 heterocycles. The molecule has 0 spiro atoms. The Bertz CT molecular complexity index is 2670. The number of hydrogen-bond acceptors (Lipinski definition) is 3. The van der Waals surface area contributed by atoms with Gasteiger partial charge in [-0.05, 0) is 60.4 Å². The van der Waals surface area contributed by atoms with Crippen molar-refractivity contribution in [1.29, 1.82) is 0 Å². The summed E-state index contributed by atoms with van der Waals surface area (Å²) in [6.07, 6.45) is 0. The fourth-order valence-electron chi connectivity index (χ4n) is 7.08. The number of hydrogen-bond donors (Lipinski definition) is 0. The van der Waals surface area contributed by atoms with Crippen LogP contribution >= 0.6 is 0 Å². The van der Waals surface area contributed by atoms with Crippen molar-refractivity contribution in [1.82, 2.24) is 15.0 Å². The highest BCUT2D eigenvalue weighted by molar-refractivity contribution is 6.17. The lowest BCUT2D eigenvalue weighted by atomic mass is 9.91. The molecule has 0 atom stereocenters.